The van der Waals surface area contributed by atoms with Gasteiger partial charge < -0.3 is 9.47 Å². The van der Waals surface area contributed by atoms with Gasteiger partial charge in [-0.2, -0.15) is 0 Å². The SMILES string of the molecule is COc1cc(C=C(C)[N+](=O)[O-])c(OC)cc1I. The Labute approximate surface area is 113 Å². The number of benzene rings is 1. The molecule has 0 N–H and O–H groups in total. The molecule has 0 aliphatic heterocycles. The summed E-state index contributed by atoms with van der Waals surface area (Å²) in [6.45, 7) is 1.43. The number of ether oxygens (including phenoxy) is 2. The highest BCUT2D eigenvalue weighted by Gasteiger charge is 2.11. The highest BCUT2D eigenvalue weighted by atomic mass is 127. The Morgan fingerprint density at radius 3 is 2.41 bits per heavy atom. The minimum absolute atomic E-state index is 0.0477. The van der Waals surface area contributed by atoms with E-state index in [0.717, 1.165) is 3.57 Å². The van der Waals surface area contributed by atoms with Crippen molar-refractivity contribution in [3.8, 4) is 11.5 Å². The summed E-state index contributed by atoms with van der Waals surface area (Å²) in [5, 5.41) is 10.6. The fourth-order valence-electron chi connectivity index (χ4n) is 1.27. The van der Waals surface area contributed by atoms with Gasteiger partial charge in [-0.25, -0.2) is 0 Å². The Hall–Kier alpha value is -1.31. The van der Waals surface area contributed by atoms with E-state index < -0.39 is 4.92 Å². The van der Waals surface area contributed by atoms with Crippen molar-refractivity contribution in [1.82, 2.24) is 0 Å². The van der Waals surface area contributed by atoms with Crippen molar-refractivity contribution in [1.29, 1.82) is 0 Å². The Kier molecular flexibility index (Phi) is 4.73. The number of methoxy groups -OCH3 is 2. The molecule has 0 spiro atoms. The maximum atomic E-state index is 10.6. The molecule has 0 saturated heterocycles. The number of hydrogen-bond donors (Lipinski definition) is 0. The van der Waals surface area contributed by atoms with Crippen LogP contribution >= 0.6 is 22.6 Å². The van der Waals surface area contributed by atoms with Gasteiger partial charge in [0, 0.05) is 18.6 Å². The first-order valence-corrected chi connectivity index (χ1v) is 5.81. The molecule has 92 valence electrons. The lowest BCUT2D eigenvalue weighted by molar-refractivity contribution is -0.422. The Morgan fingerprint density at radius 2 is 1.94 bits per heavy atom. The number of nitro groups is 1. The van der Waals surface area contributed by atoms with Crippen LogP contribution in [0.5, 0.6) is 11.5 Å². The summed E-state index contributed by atoms with van der Waals surface area (Å²) in [7, 11) is 3.08. The molecule has 0 amide bonds. The Balaban J connectivity index is 3.31. The second kappa shape index (κ2) is 5.85. The van der Waals surface area contributed by atoms with E-state index in [-0.39, 0.29) is 5.70 Å². The molecule has 0 unspecified atom stereocenters. The van der Waals surface area contributed by atoms with Crippen molar-refractivity contribution in [3.63, 3.8) is 0 Å². The number of halogens is 1. The smallest absolute Gasteiger partial charge is 0.243 e. The minimum Gasteiger partial charge on any atom is -0.496 e. The van der Waals surface area contributed by atoms with Crippen molar-refractivity contribution in [3.05, 3.63) is 37.1 Å². The molecule has 0 atom stereocenters. The van der Waals surface area contributed by atoms with Crippen LogP contribution in [-0.4, -0.2) is 19.1 Å². The molecule has 0 aliphatic carbocycles. The molecule has 0 radical (unpaired) electrons. The van der Waals surface area contributed by atoms with Gasteiger partial charge in [0.25, 0.3) is 0 Å². The molecule has 1 aromatic rings. The van der Waals surface area contributed by atoms with Gasteiger partial charge in [-0.3, -0.25) is 10.1 Å². The van der Waals surface area contributed by atoms with E-state index >= 15 is 0 Å². The number of nitrogens with zero attached hydrogens (tertiary/aromatic N) is 1. The first-order valence-electron chi connectivity index (χ1n) is 4.73. The lowest BCUT2D eigenvalue weighted by Gasteiger charge is -2.09. The highest BCUT2D eigenvalue weighted by molar-refractivity contribution is 14.1. The molecule has 0 heterocycles. The van der Waals surface area contributed by atoms with Crippen molar-refractivity contribution < 1.29 is 14.4 Å². The zero-order valence-electron chi connectivity index (χ0n) is 9.69. The zero-order chi connectivity index (χ0) is 13.0. The van der Waals surface area contributed by atoms with Crippen LogP contribution < -0.4 is 9.47 Å². The molecule has 0 aromatic heterocycles. The highest BCUT2D eigenvalue weighted by Crippen LogP contribution is 2.31. The van der Waals surface area contributed by atoms with Crippen molar-refractivity contribution in [2.24, 2.45) is 0 Å². The van der Waals surface area contributed by atoms with E-state index in [4.69, 9.17) is 9.47 Å². The molecule has 17 heavy (non-hydrogen) atoms. The van der Waals surface area contributed by atoms with Crippen LogP contribution in [0.4, 0.5) is 0 Å². The van der Waals surface area contributed by atoms with Gasteiger partial charge in [-0.1, -0.05) is 0 Å². The third-order valence-corrected chi connectivity index (χ3v) is 3.00. The first kappa shape index (κ1) is 13.8. The predicted octanol–water partition coefficient (Wildman–Crippen LogP) is 2.95. The molecule has 0 bridgehead atoms. The number of allylic oxidation sites excluding steroid dienone is 1. The quantitative estimate of drug-likeness (QED) is 0.476. The fourth-order valence-corrected chi connectivity index (χ4v) is 1.93. The van der Waals surface area contributed by atoms with Crippen LogP contribution in [0.1, 0.15) is 12.5 Å². The second-order valence-electron chi connectivity index (χ2n) is 3.27. The zero-order valence-corrected chi connectivity index (χ0v) is 11.8. The Bertz CT molecular complexity index is 471. The summed E-state index contributed by atoms with van der Waals surface area (Å²) in [5.41, 5.74) is 0.672. The van der Waals surface area contributed by atoms with Crippen LogP contribution in [-0.2, 0) is 0 Å². The fraction of sp³-hybridized carbons (Fsp3) is 0.273. The van der Waals surface area contributed by atoms with Crippen molar-refractivity contribution >= 4 is 28.7 Å². The monoisotopic (exact) mass is 349 g/mol. The molecule has 1 rings (SSSR count). The maximum absolute atomic E-state index is 10.6. The predicted molar refractivity (Wildman–Crippen MR) is 72.9 cm³/mol. The Morgan fingerprint density at radius 1 is 1.35 bits per heavy atom. The summed E-state index contributed by atoms with van der Waals surface area (Å²) >= 11 is 2.11. The lowest BCUT2D eigenvalue weighted by Crippen LogP contribution is -1.96. The van der Waals surface area contributed by atoms with Gasteiger partial charge in [0.1, 0.15) is 11.5 Å². The van der Waals surface area contributed by atoms with Gasteiger partial charge in [-0.15, -0.1) is 0 Å². The molecule has 0 fully saturated rings. The van der Waals surface area contributed by atoms with Crippen LogP contribution in [0, 0.1) is 13.7 Å². The number of hydrogen-bond acceptors (Lipinski definition) is 4. The summed E-state index contributed by atoms with van der Waals surface area (Å²) in [4.78, 5) is 10.1. The summed E-state index contributed by atoms with van der Waals surface area (Å²) < 4.78 is 11.2. The van der Waals surface area contributed by atoms with Gasteiger partial charge >= 0.3 is 0 Å². The van der Waals surface area contributed by atoms with E-state index in [0.29, 0.717) is 17.1 Å². The van der Waals surface area contributed by atoms with E-state index in [1.807, 2.05) is 0 Å². The van der Waals surface area contributed by atoms with E-state index in [2.05, 4.69) is 22.6 Å². The van der Waals surface area contributed by atoms with Gasteiger partial charge in [0.05, 0.1) is 22.7 Å². The maximum Gasteiger partial charge on any atom is 0.243 e. The van der Waals surface area contributed by atoms with Gasteiger partial charge in [0.15, 0.2) is 0 Å². The third kappa shape index (κ3) is 3.32. The first-order chi connectivity index (χ1) is 7.99. The standard InChI is InChI=1S/C11H12INO4/c1-7(13(14)15)4-8-5-11(17-3)9(12)6-10(8)16-2/h4-6H,1-3H3. The largest absolute Gasteiger partial charge is 0.496 e. The average Bonchev–Trinajstić information content (AvgIpc) is 2.30. The van der Waals surface area contributed by atoms with Gasteiger partial charge in [-0.05, 0) is 34.7 Å². The molecule has 0 saturated carbocycles. The van der Waals surface area contributed by atoms with Crippen LogP contribution in [0.2, 0.25) is 0 Å². The number of rotatable bonds is 4. The average molecular weight is 349 g/mol. The molecular formula is C11H12INO4. The molecule has 6 heteroatoms. The summed E-state index contributed by atoms with van der Waals surface area (Å²) in [5.74, 6) is 1.24. The van der Waals surface area contributed by atoms with Crippen molar-refractivity contribution in [2.45, 2.75) is 6.92 Å². The summed E-state index contributed by atoms with van der Waals surface area (Å²) in [6.07, 6.45) is 1.46. The molecule has 1 aromatic carbocycles. The van der Waals surface area contributed by atoms with E-state index in [1.54, 1.807) is 19.2 Å². The van der Waals surface area contributed by atoms with Gasteiger partial charge in [0.2, 0.25) is 5.70 Å². The molecule has 5 nitrogen and oxygen atoms in total. The molecule has 0 aliphatic rings. The topological polar surface area (TPSA) is 61.6 Å². The molecular weight excluding hydrogens is 337 g/mol. The van der Waals surface area contributed by atoms with Crippen LogP contribution in [0.15, 0.2) is 17.8 Å². The lowest BCUT2D eigenvalue weighted by atomic mass is 10.1. The van der Waals surface area contributed by atoms with Crippen LogP contribution in [0.3, 0.4) is 0 Å². The van der Waals surface area contributed by atoms with E-state index in [9.17, 15) is 10.1 Å². The summed E-state index contributed by atoms with van der Waals surface area (Å²) in [6, 6.07) is 3.49. The normalized spacial score (nSPS) is 11.2. The van der Waals surface area contributed by atoms with E-state index in [1.165, 1.54) is 20.1 Å². The van der Waals surface area contributed by atoms with Crippen LogP contribution in [0.25, 0.3) is 6.08 Å². The third-order valence-electron chi connectivity index (χ3n) is 2.16. The minimum atomic E-state index is -0.441. The second-order valence-corrected chi connectivity index (χ2v) is 4.43. The van der Waals surface area contributed by atoms with Crippen molar-refractivity contribution in [2.75, 3.05) is 14.2 Å².